The molecule has 3 aromatic rings. The molecule has 1 saturated heterocycles. The highest BCUT2D eigenvalue weighted by Gasteiger charge is 2.28. The molecule has 4 nitrogen and oxygen atoms in total. The molecule has 4 rings (SSSR count). The van der Waals surface area contributed by atoms with Gasteiger partial charge in [0.25, 0.3) is 0 Å². The second-order valence-electron chi connectivity index (χ2n) is 7.74. The highest BCUT2D eigenvalue weighted by Crippen LogP contribution is 2.29. The van der Waals surface area contributed by atoms with Gasteiger partial charge < -0.3 is 4.90 Å². The molecule has 0 radical (unpaired) electrons. The predicted octanol–water partition coefficient (Wildman–Crippen LogP) is 4.72. The molecule has 0 unspecified atom stereocenters. The fourth-order valence-corrected chi connectivity index (χ4v) is 3.91. The predicted molar refractivity (Wildman–Crippen MR) is 112 cm³/mol. The van der Waals surface area contributed by atoms with E-state index in [0.717, 1.165) is 49.3 Å². The number of aromatic amines is 1. The SMILES string of the molecule is Cc1ccc(-c2cc([C@H]3CCN(C(=O)CCCc4ccccc4)C3)[nH]n2)cc1. The Morgan fingerprint density at radius 3 is 2.71 bits per heavy atom. The maximum Gasteiger partial charge on any atom is 0.222 e. The Labute approximate surface area is 166 Å². The molecule has 1 fully saturated rings. The Hall–Kier alpha value is -2.88. The molecule has 0 saturated carbocycles. The summed E-state index contributed by atoms with van der Waals surface area (Å²) in [5, 5.41) is 7.68. The van der Waals surface area contributed by atoms with Crippen molar-refractivity contribution >= 4 is 5.91 Å². The fraction of sp³-hybridized carbons (Fsp3) is 0.333. The molecule has 4 heteroatoms. The van der Waals surface area contributed by atoms with Crippen LogP contribution in [-0.2, 0) is 11.2 Å². The number of aryl methyl sites for hydroxylation is 2. The number of nitrogens with zero attached hydrogens (tertiary/aromatic N) is 2. The maximum atomic E-state index is 12.6. The molecular formula is C24H27N3O. The zero-order chi connectivity index (χ0) is 19.3. The number of likely N-dealkylation sites (tertiary alicyclic amines) is 1. The van der Waals surface area contributed by atoms with Crippen LogP contribution < -0.4 is 0 Å². The number of carbonyl (C=O) groups is 1. The van der Waals surface area contributed by atoms with Crippen LogP contribution in [0.5, 0.6) is 0 Å². The van der Waals surface area contributed by atoms with Gasteiger partial charge >= 0.3 is 0 Å². The van der Waals surface area contributed by atoms with Gasteiger partial charge in [-0.25, -0.2) is 0 Å². The quantitative estimate of drug-likeness (QED) is 0.679. The molecule has 0 bridgehead atoms. The van der Waals surface area contributed by atoms with E-state index < -0.39 is 0 Å². The van der Waals surface area contributed by atoms with E-state index in [1.165, 1.54) is 11.1 Å². The van der Waals surface area contributed by atoms with Crippen LogP contribution in [0, 0.1) is 6.92 Å². The number of amides is 1. The average Bonchev–Trinajstić information content (AvgIpc) is 3.39. The minimum atomic E-state index is 0.275. The lowest BCUT2D eigenvalue weighted by Crippen LogP contribution is -2.28. The summed E-state index contributed by atoms with van der Waals surface area (Å²) in [6, 6.07) is 20.9. The molecule has 1 atom stereocenters. The van der Waals surface area contributed by atoms with Gasteiger partial charge in [0.15, 0.2) is 0 Å². The van der Waals surface area contributed by atoms with Crippen molar-refractivity contribution in [3.8, 4) is 11.3 Å². The number of nitrogens with one attached hydrogen (secondary N) is 1. The van der Waals surface area contributed by atoms with E-state index in [4.69, 9.17) is 0 Å². The van der Waals surface area contributed by atoms with E-state index in [1.807, 2.05) is 11.0 Å². The van der Waals surface area contributed by atoms with E-state index in [-0.39, 0.29) is 5.91 Å². The third kappa shape index (κ3) is 4.33. The Morgan fingerprint density at radius 1 is 1.14 bits per heavy atom. The van der Waals surface area contributed by atoms with Crippen LogP contribution in [0.2, 0.25) is 0 Å². The smallest absolute Gasteiger partial charge is 0.222 e. The third-order valence-electron chi connectivity index (χ3n) is 5.62. The molecule has 1 aliphatic rings. The first-order valence-corrected chi connectivity index (χ1v) is 10.1. The van der Waals surface area contributed by atoms with E-state index in [0.29, 0.717) is 12.3 Å². The largest absolute Gasteiger partial charge is 0.342 e. The molecule has 1 amide bonds. The number of benzene rings is 2. The van der Waals surface area contributed by atoms with Gasteiger partial charge in [-0.1, -0.05) is 60.2 Å². The van der Waals surface area contributed by atoms with E-state index in [1.54, 1.807) is 0 Å². The van der Waals surface area contributed by atoms with Gasteiger partial charge in [0.1, 0.15) is 0 Å². The maximum absolute atomic E-state index is 12.6. The number of hydrogen-bond donors (Lipinski definition) is 1. The first-order chi connectivity index (χ1) is 13.7. The summed E-state index contributed by atoms with van der Waals surface area (Å²) in [6.07, 6.45) is 3.50. The highest BCUT2D eigenvalue weighted by atomic mass is 16.2. The zero-order valence-corrected chi connectivity index (χ0v) is 16.4. The molecule has 1 N–H and O–H groups in total. The van der Waals surface area contributed by atoms with Crippen molar-refractivity contribution in [1.82, 2.24) is 15.1 Å². The van der Waals surface area contributed by atoms with Crippen molar-refractivity contribution in [2.45, 2.75) is 38.5 Å². The third-order valence-corrected chi connectivity index (χ3v) is 5.62. The van der Waals surface area contributed by atoms with Gasteiger partial charge in [-0.3, -0.25) is 9.89 Å². The second kappa shape index (κ2) is 8.42. The summed E-state index contributed by atoms with van der Waals surface area (Å²) >= 11 is 0. The lowest BCUT2D eigenvalue weighted by Gasteiger charge is -2.16. The Morgan fingerprint density at radius 2 is 1.93 bits per heavy atom. The molecule has 2 aromatic carbocycles. The normalized spacial score (nSPS) is 16.5. The first-order valence-electron chi connectivity index (χ1n) is 10.1. The summed E-state index contributed by atoms with van der Waals surface area (Å²) in [4.78, 5) is 14.6. The van der Waals surface area contributed by atoms with Crippen LogP contribution in [0.25, 0.3) is 11.3 Å². The number of hydrogen-bond acceptors (Lipinski definition) is 2. The van der Waals surface area contributed by atoms with Crippen LogP contribution in [0.1, 0.15) is 42.0 Å². The topological polar surface area (TPSA) is 49.0 Å². The van der Waals surface area contributed by atoms with Crippen molar-refractivity contribution in [3.63, 3.8) is 0 Å². The minimum absolute atomic E-state index is 0.275. The van der Waals surface area contributed by atoms with Crippen LogP contribution >= 0.6 is 0 Å². The summed E-state index contributed by atoms with van der Waals surface area (Å²) in [5.74, 6) is 0.626. The Bertz CT molecular complexity index is 915. The van der Waals surface area contributed by atoms with Gasteiger partial charge in [0, 0.05) is 36.7 Å². The molecule has 0 spiro atoms. The van der Waals surface area contributed by atoms with Gasteiger partial charge in [0.05, 0.1) is 5.69 Å². The zero-order valence-electron chi connectivity index (χ0n) is 16.4. The molecule has 144 valence electrons. The minimum Gasteiger partial charge on any atom is -0.342 e. The number of aromatic nitrogens is 2. The van der Waals surface area contributed by atoms with Gasteiger partial charge in [-0.2, -0.15) is 5.10 Å². The molecule has 1 aliphatic heterocycles. The lowest BCUT2D eigenvalue weighted by molar-refractivity contribution is -0.130. The van der Waals surface area contributed by atoms with E-state index in [9.17, 15) is 4.79 Å². The van der Waals surface area contributed by atoms with E-state index >= 15 is 0 Å². The van der Waals surface area contributed by atoms with E-state index in [2.05, 4.69) is 71.7 Å². The molecular weight excluding hydrogens is 346 g/mol. The highest BCUT2D eigenvalue weighted by molar-refractivity contribution is 5.76. The van der Waals surface area contributed by atoms with Gasteiger partial charge in [-0.05, 0) is 37.8 Å². The van der Waals surface area contributed by atoms with Gasteiger partial charge in [-0.15, -0.1) is 0 Å². The van der Waals surface area contributed by atoms with Crippen LogP contribution in [0.15, 0.2) is 60.7 Å². The summed E-state index contributed by atoms with van der Waals surface area (Å²) < 4.78 is 0. The molecule has 2 heterocycles. The lowest BCUT2D eigenvalue weighted by atomic mass is 10.0. The number of H-pyrrole nitrogens is 1. The summed E-state index contributed by atoms with van der Waals surface area (Å²) in [7, 11) is 0. The van der Waals surface area contributed by atoms with Crippen LogP contribution in [0.4, 0.5) is 0 Å². The van der Waals surface area contributed by atoms with Crippen LogP contribution in [-0.4, -0.2) is 34.1 Å². The fourth-order valence-electron chi connectivity index (χ4n) is 3.91. The van der Waals surface area contributed by atoms with Crippen molar-refractivity contribution in [2.24, 2.45) is 0 Å². The molecule has 1 aromatic heterocycles. The molecule has 28 heavy (non-hydrogen) atoms. The number of rotatable bonds is 6. The molecule has 0 aliphatic carbocycles. The standard InChI is InChI=1S/C24H27N3O/c1-18-10-12-20(13-11-18)22-16-23(26-25-22)21-14-15-27(17-21)24(28)9-5-8-19-6-3-2-4-7-19/h2-4,6-7,10-13,16,21H,5,8-9,14-15,17H2,1H3,(H,25,26)/t21-/m0/s1. The Balaban J connectivity index is 1.30. The second-order valence-corrected chi connectivity index (χ2v) is 7.74. The number of carbonyl (C=O) groups excluding carboxylic acids is 1. The first kappa shape index (κ1) is 18.5. The van der Waals surface area contributed by atoms with Gasteiger partial charge in [0.2, 0.25) is 5.91 Å². The van der Waals surface area contributed by atoms with Crippen molar-refractivity contribution < 1.29 is 4.79 Å². The summed E-state index contributed by atoms with van der Waals surface area (Å²) in [5.41, 5.74) is 5.78. The van der Waals surface area contributed by atoms with Crippen molar-refractivity contribution in [2.75, 3.05) is 13.1 Å². The monoisotopic (exact) mass is 373 g/mol. The summed E-state index contributed by atoms with van der Waals surface area (Å²) in [6.45, 7) is 3.72. The average molecular weight is 374 g/mol. The van der Waals surface area contributed by atoms with Crippen molar-refractivity contribution in [3.05, 3.63) is 77.5 Å². The Kier molecular flexibility index (Phi) is 5.56. The van der Waals surface area contributed by atoms with Crippen molar-refractivity contribution in [1.29, 1.82) is 0 Å². The van der Waals surface area contributed by atoms with Crippen LogP contribution in [0.3, 0.4) is 0 Å².